The third kappa shape index (κ3) is 2.96. The Kier molecular flexibility index (Phi) is 5.77. The van der Waals surface area contributed by atoms with Crippen molar-refractivity contribution in [3.8, 4) is 0 Å². The lowest BCUT2D eigenvalue weighted by atomic mass is 9.44. The van der Waals surface area contributed by atoms with Gasteiger partial charge in [0.15, 0.2) is 17.2 Å². The number of halogens is 1. The molecule has 0 bridgehead atoms. The summed E-state index contributed by atoms with van der Waals surface area (Å²) in [5, 5.41) is 11.6. The van der Waals surface area contributed by atoms with E-state index < -0.39 is 28.5 Å². The molecule has 1 N–H and O–H groups in total. The van der Waals surface area contributed by atoms with Crippen LogP contribution in [-0.4, -0.2) is 40.2 Å². The van der Waals surface area contributed by atoms with Gasteiger partial charge in [-0.25, -0.2) is 0 Å². The largest absolute Gasteiger partial charge is 0.450 e. The summed E-state index contributed by atoms with van der Waals surface area (Å²) in [4.78, 5) is 38.0. The monoisotopic (exact) mass is 462 g/mol. The molecule has 0 spiro atoms. The number of hydrogen-bond donors (Lipinski definition) is 1. The van der Waals surface area contributed by atoms with Gasteiger partial charge in [-0.2, -0.15) is 0 Å². The van der Waals surface area contributed by atoms with Crippen molar-refractivity contribution in [3.05, 3.63) is 23.8 Å². The topological polar surface area (TPSA) is 80.7 Å². The third-order valence-corrected chi connectivity index (χ3v) is 9.70. The van der Waals surface area contributed by atoms with E-state index in [2.05, 4.69) is 13.8 Å². The van der Waals surface area contributed by atoms with E-state index in [0.717, 1.165) is 18.4 Å². The average molecular weight is 463 g/mol. The third-order valence-electron chi connectivity index (χ3n) is 9.46. The van der Waals surface area contributed by atoms with E-state index in [9.17, 15) is 19.5 Å². The maximum absolute atomic E-state index is 13.4. The number of rotatable bonds is 4. The van der Waals surface area contributed by atoms with Gasteiger partial charge < -0.3 is 9.84 Å². The van der Waals surface area contributed by atoms with E-state index in [0.29, 0.717) is 6.42 Å². The molecule has 4 aliphatic carbocycles. The first-order valence-corrected chi connectivity index (χ1v) is 12.4. The van der Waals surface area contributed by atoms with Crippen LogP contribution in [0.3, 0.4) is 0 Å². The van der Waals surface area contributed by atoms with Crippen LogP contribution in [0.2, 0.25) is 0 Å². The van der Waals surface area contributed by atoms with Crippen LogP contribution in [0.1, 0.15) is 60.3 Å². The molecule has 0 aromatic heterocycles. The van der Waals surface area contributed by atoms with Crippen LogP contribution in [0, 0.1) is 40.4 Å². The summed E-state index contributed by atoms with van der Waals surface area (Å²) in [5.74, 6) is -0.681. The van der Waals surface area contributed by atoms with Gasteiger partial charge in [0.25, 0.3) is 0 Å². The first-order chi connectivity index (χ1) is 15.0. The molecule has 0 aromatic carbocycles. The highest BCUT2D eigenvalue weighted by molar-refractivity contribution is 6.29. The van der Waals surface area contributed by atoms with E-state index in [-0.39, 0.29) is 53.5 Å². The summed E-state index contributed by atoms with van der Waals surface area (Å²) in [5.41, 5.74) is -1.32. The Labute approximate surface area is 195 Å². The fourth-order valence-electron chi connectivity index (χ4n) is 8.29. The summed E-state index contributed by atoms with van der Waals surface area (Å²) in [6.45, 7) is 10.0. The van der Waals surface area contributed by atoms with Crippen LogP contribution in [0.15, 0.2) is 23.8 Å². The van der Waals surface area contributed by atoms with E-state index >= 15 is 0 Å². The number of ether oxygens (including phenoxy) is 1. The Morgan fingerprint density at radius 3 is 2.56 bits per heavy atom. The number of carbonyl (C=O) groups excluding carboxylic acids is 3. The van der Waals surface area contributed by atoms with E-state index in [4.69, 9.17) is 16.3 Å². The Morgan fingerprint density at radius 2 is 1.94 bits per heavy atom. The zero-order valence-electron chi connectivity index (χ0n) is 19.7. The van der Waals surface area contributed by atoms with Crippen molar-refractivity contribution in [1.82, 2.24) is 0 Å². The SMILES string of the molecule is CCC(=O)O[C@]1(C(=O)CCl)C(C)C[C@H]2[C@@H]3CC(C)C4=CC(=O)C=C[C@]4(C)[C@H]3C(O)C[C@@]21C. The van der Waals surface area contributed by atoms with Crippen molar-refractivity contribution in [2.24, 2.45) is 40.4 Å². The van der Waals surface area contributed by atoms with E-state index in [1.807, 2.05) is 19.9 Å². The van der Waals surface area contributed by atoms with Gasteiger partial charge in [-0.3, -0.25) is 14.4 Å². The number of ketones is 2. The quantitative estimate of drug-likeness (QED) is 0.498. The molecule has 176 valence electrons. The maximum Gasteiger partial charge on any atom is 0.306 e. The molecule has 5 nitrogen and oxygen atoms in total. The Morgan fingerprint density at radius 1 is 1.25 bits per heavy atom. The second kappa shape index (κ2) is 7.80. The number of esters is 1. The minimum atomic E-state index is -1.32. The predicted octanol–water partition coefficient (Wildman–Crippen LogP) is 4.26. The van der Waals surface area contributed by atoms with Crippen molar-refractivity contribution in [3.63, 3.8) is 0 Å². The molecule has 0 aliphatic heterocycles. The highest BCUT2D eigenvalue weighted by Crippen LogP contribution is 2.69. The number of aliphatic hydroxyl groups is 1. The van der Waals surface area contributed by atoms with Gasteiger partial charge in [-0.1, -0.05) is 46.3 Å². The summed E-state index contributed by atoms with van der Waals surface area (Å²) < 4.78 is 6.03. The van der Waals surface area contributed by atoms with Gasteiger partial charge >= 0.3 is 5.97 Å². The van der Waals surface area contributed by atoms with Crippen LogP contribution in [0.4, 0.5) is 0 Å². The van der Waals surface area contributed by atoms with E-state index in [1.165, 1.54) is 0 Å². The molecule has 3 fully saturated rings. The number of aliphatic hydroxyl groups excluding tert-OH is 1. The number of alkyl halides is 1. The highest BCUT2D eigenvalue weighted by atomic mass is 35.5. The fourth-order valence-corrected chi connectivity index (χ4v) is 8.49. The molecule has 4 rings (SSSR count). The first kappa shape index (κ1) is 23.7. The average Bonchev–Trinajstić information content (AvgIpc) is 2.95. The summed E-state index contributed by atoms with van der Waals surface area (Å²) >= 11 is 6.08. The Bertz CT molecular complexity index is 908. The number of carbonyl (C=O) groups is 3. The summed E-state index contributed by atoms with van der Waals surface area (Å²) in [7, 11) is 0. The van der Waals surface area contributed by atoms with Crippen molar-refractivity contribution in [2.45, 2.75) is 72.0 Å². The van der Waals surface area contributed by atoms with E-state index in [1.54, 1.807) is 19.1 Å². The summed E-state index contributed by atoms with van der Waals surface area (Å²) in [6, 6.07) is 0. The normalized spacial score (nSPS) is 47.2. The molecule has 0 radical (unpaired) electrons. The smallest absolute Gasteiger partial charge is 0.306 e. The molecule has 0 saturated heterocycles. The van der Waals surface area contributed by atoms with Gasteiger partial charge in [-0.15, -0.1) is 11.6 Å². The maximum atomic E-state index is 13.4. The minimum absolute atomic E-state index is 0.00519. The van der Waals surface area contributed by atoms with Crippen LogP contribution in [-0.2, 0) is 19.1 Å². The minimum Gasteiger partial charge on any atom is -0.450 e. The van der Waals surface area contributed by atoms with Crippen molar-refractivity contribution >= 4 is 29.1 Å². The van der Waals surface area contributed by atoms with Gasteiger partial charge in [-0.05, 0) is 49.2 Å². The lowest BCUT2D eigenvalue weighted by Crippen LogP contribution is -2.64. The lowest BCUT2D eigenvalue weighted by Gasteiger charge is -2.61. The van der Waals surface area contributed by atoms with Crippen LogP contribution in [0.5, 0.6) is 0 Å². The van der Waals surface area contributed by atoms with Gasteiger partial charge in [0, 0.05) is 29.1 Å². The molecule has 0 heterocycles. The zero-order valence-corrected chi connectivity index (χ0v) is 20.4. The highest BCUT2D eigenvalue weighted by Gasteiger charge is 2.72. The summed E-state index contributed by atoms with van der Waals surface area (Å²) in [6.07, 6.45) is 6.80. The van der Waals surface area contributed by atoms with Crippen LogP contribution in [0.25, 0.3) is 0 Å². The second-order valence-electron chi connectivity index (χ2n) is 11.0. The second-order valence-corrected chi connectivity index (χ2v) is 11.3. The first-order valence-electron chi connectivity index (χ1n) is 11.9. The molecule has 4 aliphatic rings. The Balaban J connectivity index is 1.83. The number of Topliss-reactive ketones (excluding diaryl/α,β-unsaturated/α-hetero) is 1. The lowest BCUT2D eigenvalue weighted by molar-refractivity contribution is -0.203. The molecule has 0 amide bonds. The van der Waals surface area contributed by atoms with Crippen molar-refractivity contribution < 1.29 is 24.2 Å². The molecule has 3 saturated carbocycles. The predicted molar refractivity (Wildman–Crippen MR) is 122 cm³/mol. The van der Waals surface area contributed by atoms with Gasteiger partial charge in [0.2, 0.25) is 0 Å². The number of allylic oxidation sites excluding steroid dienone is 4. The number of fused-ring (bicyclic) bond motifs is 5. The molecule has 3 unspecified atom stereocenters. The molecule has 9 atom stereocenters. The van der Waals surface area contributed by atoms with Gasteiger partial charge in [0.05, 0.1) is 12.0 Å². The fraction of sp³-hybridized carbons (Fsp3) is 0.731. The van der Waals surface area contributed by atoms with Crippen molar-refractivity contribution in [2.75, 3.05) is 5.88 Å². The molecule has 6 heteroatoms. The molecular weight excluding hydrogens is 428 g/mol. The number of hydrogen-bond acceptors (Lipinski definition) is 5. The zero-order chi connectivity index (χ0) is 23.6. The van der Waals surface area contributed by atoms with Crippen LogP contribution < -0.4 is 0 Å². The van der Waals surface area contributed by atoms with Crippen LogP contribution >= 0.6 is 11.6 Å². The van der Waals surface area contributed by atoms with Crippen molar-refractivity contribution in [1.29, 1.82) is 0 Å². The molecule has 32 heavy (non-hydrogen) atoms. The molecule has 0 aromatic rings. The molecular formula is C26H35ClO5. The van der Waals surface area contributed by atoms with Gasteiger partial charge in [0.1, 0.15) is 0 Å². The Hall–Kier alpha value is -1.46. The standard InChI is InChI=1S/C26H35ClO5/c1-6-22(31)32-26(21(30)13-27)15(3)10-19-17-9-14(2)18-11-16(28)7-8-24(18,4)23(17)20(29)12-25(19,26)5/h7-8,11,14-15,17,19-20,23,29H,6,9-10,12-13H2,1-5H3/t14?,15?,17-,19-,20?,23+,24-,25-,26-/m0/s1.